The van der Waals surface area contributed by atoms with Crippen molar-refractivity contribution in [2.24, 2.45) is 17.8 Å². The van der Waals surface area contributed by atoms with Crippen LogP contribution >= 0.6 is 0 Å². The second kappa shape index (κ2) is 4.12. The first-order chi connectivity index (χ1) is 8.44. The Kier molecular flexibility index (Phi) is 2.81. The Hall–Kier alpha value is -0.770. The second-order valence-electron chi connectivity index (χ2n) is 6.95. The molecule has 0 aromatic rings. The largest absolute Gasteiger partial charge is 0.444 e. The van der Waals surface area contributed by atoms with Crippen molar-refractivity contribution < 1.29 is 14.3 Å². The quantitative estimate of drug-likeness (QED) is 0.768. The topological polar surface area (TPSA) is 50.9 Å². The summed E-state index contributed by atoms with van der Waals surface area (Å²) in [4.78, 5) is 11.6. The first kappa shape index (κ1) is 12.3. The monoisotopic (exact) mass is 253 g/mol. The lowest BCUT2D eigenvalue weighted by Crippen LogP contribution is -2.44. The van der Waals surface area contributed by atoms with Gasteiger partial charge in [-0.15, -0.1) is 0 Å². The molecule has 4 nitrogen and oxygen atoms in total. The molecule has 2 bridgehead atoms. The Morgan fingerprint density at radius 3 is 2.78 bits per heavy atom. The second-order valence-corrected chi connectivity index (χ2v) is 6.95. The fourth-order valence-electron chi connectivity index (χ4n) is 3.68. The first-order valence-electron chi connectivity index (χ1n) is 7.06. The lowest BCUT2D eigenvalue weighted by molar-refractivity contribution is 0.0485. The number of nitrogens with one attached hydrogen (secondary N) is 1. The summed E-state index contributed by atoms with van der Waals surface area (Å²) < 4.78 is 11.0. The molecule has 0 aromatic heterocycles. The summed E-state index contributed by atoms with van der Waals surface area (Å²) in [6.45, 7) is 6.40. The average molecular weight is 253 g/mol. The highest BCUT2D eigenvalue weighted by atomic mass is 16.6. The Labute approximate surface area is 108 Å². The van der Waals surface area contributed by atoms with Gasteiger partial charge in [0.25, 0.3) is 0 Å². The molecule has 1 aliphatic heterocycles. The van der Waals surface area contributed by atoms with Crippen LogP contribution in [0.5, 0.6) is 0 Å². The van der Waals surface area contributed by atoms with Gasteiger partial charge in [0.05, 0.1) is 12.2 Å². The molecule has 18 heavy (non-hydrogen) atoms. The van der Waals surface area contributed by atoms with E-state index in [0.717, 1.165) is 12.5 Å². The van der Waals surface area contributed by atoms with Crippen molar-refractivity contribution in [2.45, 2.75) is 57.8 Å². The molecule has 5 unspecified atom stereocenters. The predicted molar refractivity (Wildman–Crippen MR) is 67.2 cm³/mol. The summed E-state index contributed by atoms with van der Waals surface area (Å²) >= 11 is 0. The van der Waals surface area contributed by atoms with Gasteiger partial charge in [-0.1, -0.05) is 0 Å². The van der Waals surface area contributed by atoms with Gasteiger partial charge in [0.2, 0.25) is 0 Å². The molecule has 3 saturated carbocycles. The number of hydrogen-bond acceptors (Lipinski definition) is 3. The van der Waals surface area contributed by atoms with Gasteiger partial charge < -0.3 is 14.8 Å². The third-order valence-electron chi connectivity index (χ3n) is 4.44. The molecule has 4 heteroatoms. The van der Waals surface area contributed by atoms with E-state index in [9.17, 15) is 4.79 Å². The van der Waals surface area contributed by atoms with Crippen LogP contribution in [-0.2, 0) is 9.47 Å². The van der Waals surface area contributed by atoms with Crippen LogP contribution in [0.3, 0.4) is 0 Å². The van der Waals surface area contributed by atoms with E-state index in [2.05, 4.69) is 5.32 Å². The minimum absolute atomic E-state index is 0.294. The van der Waals surface area contributed by atoms with Gasteiger partial charge in [-0.3, -0.25) is 0 Å². The van der Waals surface area contributed by atoms with Crippen LogP contribution in [0.25, 0.3) is 0 Å². The number of alkyl carbamates (subject to hydrolysis) is 1. The molecule has 1 amide bonds. The standard InChI is InChI=1S/C14H23NO3/c1-14(2,3)18-13(16)15-7-9-6-8-4-5-10(9)12-11(8)17-12/h8-12H,4-7H2,1-3H3,(H,15,16). The molecule has 1 heterocycles. The third kappa shape index (κ3) is 2.35. The number of carbonyl (C=O) groups is 1. The highest BCUT2D eigenvalue weighted by molar-refractivity contribution is 5.67. The zero-order valence-electron chi connectivity index (χ0n) is 11.4. The maximum absolute atomic E-state index is 11.6. The molecular formula is C14H23NO3. The fourth-order valence-corrected chi connectivity index (χ4v) is 3.68. The van der Waals surface area contributed by atoms with Crippen molar-refractivity contribution >= 4 is 6.09 Å². The van der Waals surface area contributed by atoms with Gasteiger partial charge >= 0.3 is 6.09 Å². The van der Waals surface area contributed by atoms with E-state index in [1.807, 2.05) is 20.8 Å². The normalized spacial score (nSPS) is 41.2. The van der Waals surface area contributed by atoms with Gasteiger partial charge in [-0.05, 0) is 57.8 Å². The smallest absolute Gasteiger partial charge is 0.407 e. The van der Waals surface area contributed by atoms with E-state index in [1.54, 1.807) is 0 Å². The van der Waals surface area contributed by atoms with Crippen LogP contribution < -0.4 is 5.32 Å². The van der Waals surface area contributed by atoms with E-state index in [-0.39, 0.29) is 6.09 Å². The van der Waals surface area contributed by atoms with E-state index in [4.69, 9.17) is 9.47 Å². The van der Waals surface area contributed by atoms with Crippen molar-refractivity contribution in [3.05, 3.63) is 0 Å². The zero-order valence-corrected chi connectivity index (χ0v) is 11.4. The Balaban J connectivity index is 1.48. The number of fused-ring (bicyclic) bond motifs is 2. The third-order valence-corrected chi connectivity index (χ3v) is 4.44. The molecule has 4 fully saturated rings. The van der Waals surface area contributed by atoms with Crippen LogP contribution in [-0.4, -0.2) is 30.4 Å². The van der Waals surface area contributed by atoms with Crippen molar-refractivity contribution in [1.82, 2.24) is 5.32 Å². The number of ether oxygens (including phenoxy) is 2. The van der Waals surface area contributed by atoms with Crippen LogP contribution in [0.1, 0.15) is 40.0 Å². The maximum Gasteiger partial charge on any atom is 0.407 e. The summed E-state index contributed by atoms with van der Waals surface area (Å²) in [5.74, 6) is 1.99. The Morgan fingerprint density at radius 2 is 2.11 bits per heavy atom. The van der Waals surface area contributed by atoms with Crippen molar-refractivity contribution in [1.29, 1.82) is 0 Å². The first-order valence-corrected chi connectivity index (χ1v) is 7.06. The molecule has 4 rings (SSSR count). The molecule has 5 atom stereocenters. The number of carbonyl (C=O) groups excluding carboxylic acids is 1. The highest BCUT2D eigenvalue weighted by Crippen LogP contribution is 2.55. The SMILES string of the molecule is CC(C)(C)OC(=O)NCC1CC2CCC1C1OC21. The Bertz CT molecular complexity index is 349. The lowest BCUT2D eigenvalue weighted by atomic mass is 9.65. The summed E-state index contributed by atoms with van der Waals surface area (Å²) in [5, 5.41) is 2.92. The predicted octanol–water partition coefficient (Wildman–Crippen LogP) is 2.32. The molecular weight excluding hydrogens is 230 g/mol. The van der Waals surface area contributed by atoms with Gasteiger partial charge in [-0.25, -0.2) is 4.79 Å². The molecule has 1 N–H and O–H groups in total. The number of epoxide rings is 1. The van der Waals surface area contributed by atoms with E-state index in [1.165, 1.54) is 19.3 Å². The maximum atomic E-state index is 11.6. The lowest BCUT2D eigenvalue weighted by Gasteiger charge is -2.39. The molecule has 0 aromatic carbocycles. The number of amides is 1. The Morgan fingerprint density at radius 1 is 1.33 bits per heavy atom. The van der Waals surface area contributed by atoms with E-state index >= 15 is 0 Å². The van der Waals surface area contributed by atoms with Crippen molar-refractivity contribution in [3.8, 4) is 0 Å². The van der Waals surface area contributed by atoms with Gasteiger partial charge in [0.1, 0.15) is 5.60 Å². The van der Waals surface area contributed by atoms with Crippen LogP contribution in [0.15, 0.2) is 0 Å². The van der Waals surface area contributed by atoms with Crippen LogP contribution in [0, 0.1) is 17.8 Å². The summed E-state index contributed by atoms with van der Waals surface area (Å²) in [5.41, 5.74) is -0.416. The van der Waals surface area contributed by atoms with E-state index in [0.29, 0.717) is 24.0 Å². The zero-order chi connectivity index (χ0) is 12.9. The van der Waals surface area contributed by atoms with Gasteiger partial charge in [0, 0.05) is 6.54 Å². The summed E-state index contributed by atoms with van der Waals surface area (Å²) in [6.07, 6.45) is 4.56. The fraction of sp³-hybridized carbons (Fsp3) is 0.929. The molecule has 102 valence electrons. The number of rotatable bonds is 2. The molecule has 4 aliphatic rings. The van der Waals surface area contributed by atoms with Crippen LogP contribution in [0.2, 0.25) is 0 Å². The number of hydrogen-bond donors (Lipinski definition) is 1. The summed E-state index contributed by atoms with van der Waals surface area (Å²) in [7, 11) is 0. The highest BCUT2D eigenvalue weighted by Gasteiger charge is 2.58. The van der Waals surface area contributed by atoms with E-state index < -0.39 is 5.60 Å². The van der Waals surface area contributed by atoms with Crippen molar-refractivity contribution in [3.63, 3.8) is 0 Å². The average Bonchev–Trinajstić information content (AvgIpc) is 3.05. The molecule has 1 saturated heterocycles. The molecule has 0 spiro atoms. The van der Waals surface area contributed by atoms with Crippen LogP contribution in [0.4, 0.5) is 4.79 Å². The summed E-state index contributed by atoms with van der Waals surface area (Å²) in [6, 6.07) is 0. The minimum atomic E-state index is -0.416. The van der Waals surface area contributed by atoms with Gasteiger partial charge in [0.15, 0.2) is 0 Å². The van der Waals surface area contributed by atoms with Crippen molar-refractivity contribution in [2.75, 3.05) is 6.54 Å². The minimum Gasteiger partial charge on any atom is -0.444 e. The van der Waals surface area contributed by atoms with Gasteiger partial charge in [-0.2, -0.15) is 0 Å². The molecule has 0 radical (unpaired) electrons. The molecule has 3 aliphatic carbocycles.